The molecule has 1 aromatic carbocycles. The molecule has 0 amide bonds. The molecule has 6 heteroatoms. The van der Waals surface area contributed by atoms with Crippen LogP contribution in [0.25, 0.3) is 0 Å². The molecule has 0 unspecified atom stereocenters. The van der Waals surface area contributed by atoms with Gasteiger partial charge in [0.1, 0.15) is 10.7 Å². The molecule has 1 aliphatic rings. The standard InChI is InChI=1S/C10H12FNO3S/c11-9-5-1-2-6-10(9)16(13,14)12-7-3-4-8-15-12/h1-2,5-6H,3-4,7-8H2. The molecule has 0 saturated carbocycles. The van der Waals surface area contributed by atoms with Gasteiger partial charge in [-0.2, -0.15) is 0 Å². The molecule has 88 valence electrons. The average molecular weight is 245 g/mol. The molecular weight excluding hydrogens is 233 g/mol. The van der Waals surface area contributed by atoms with Crippen LogP contribution in [0, 0.1) is 5.82 Å². The van der Waals surface area contributed by atoms with Gasteiger partial charge in [-0.15, -0.1) is 0 Å². The van der Waals surface area contributed by atoms with Crippen molar-refractivity contribution in [3.63, 3.8) is 0 Å². The van der Waals surface area contributed by atoms with Crippen LogP contribution >= 0.6 is 0 Å². The van der Waals surface area contributed by atoms with Crippen molar-refractivity contribution in [1.82, 2.24) is 4.47 Å². The van der Waals surface area contributed by atoms with E-state index in [1.165, 1.54) is 18.2 Å². The van der Waals surface area contributed by atoms with Crippen molar-refractivity contribution < 1.29 is 17.6 Å². The van der Waals surface area contributed by atoms with Crippen LogP contribution in [0.15, 0.2) is 29.2 Å². The van der Waals surface area contributed by atoms with Crippen LogP contribution in [0.3, 0.4) is 0 Å². The minimum Gasteiger partial charge on any atom is -0.284 e. The van der Waals surface area contributed by atoms with Crippen molar-refractivity contribution in [3.8, 4) is 0 Å². The van der Waals surface area contributed by atoms with Crippen molar-refractivity contribution in [2.75, 3.05) is 13.2 Å². The molecular formula is C10H12FNO3S. The maximum Gasteiger partial charge on any atom is 0.267 e. The van der Waals surface area contributed by atoms with Gasteiger partial charge in [0, 0.05) is 6.54 Å². The van der Waals surface area contributed by atoms with E-state index in [1.807, 2.05) is 0 Å². The number of hydrogen-bond acceptors (Lipinski definition) is 3. The predicted molar refractivity (Wildman–Crippen MR) is 55.5 cm³/mol. The smallest absolute Gasteiger partial charge is 0.267 e. The molecule has 2 rings (SSSR count). The third kappa shape index (κ3) is 2.09. The summed E-state index contributed by atoms with van der Waals surface area (Å²) in [6, 6.07) is 5.30. The van der Waals surface area contributed by atoms with Crippen molar-refractivity contribution in [3.05, 3.63) is 30.1 Å². The molecule has 1 fully saturated rings. The van der Waals surface area contributed by atoms with Gasteiger partial charge in [-0.3, -0.25) is 4.84 Å². The quantitative estimate of drug-likeness (QED) is 0.794. The fourth-order valence-electron chi connectivity index (χ4n) is 1.53. The number of rotatable bonds is 2. The summed E-state index contributed by atoms with van der Waals surface area (Å²) >= 11 is 0. The Balaban J connectivity index is 2.35. The molecule has 0 bridgehead atoms. The number of halogens is 1. The first kappa shape index (κ1) is 11.5. The first-order valence-electron chi connectivity index (χ1n) is 5.02. The maximum absolute atomic E-state index is 13.4. The van der Waals surface area contributed by atoms with E-state index in [9.17, 15) is 12.8 Å². The lowest BCUT2D eigenvalue weighted by molar-refractivity contribution is -0.109. The summed E-state index contributed by atoms with van der Waals surface area (Å²) in [5, 5.41) is 0. The van der Waals surface area contributed by atoms with Gasteiger partial charge in [-0.25, -0.2) is 12.8 Å². The summed E-state index contributed by atoms with van der Waals surface area (Å²) in [6.07, 6.45) is 1.55. The van der Waals surface area contributed by atoms with Crippen LogP contribution < -0.4 is 0 Å². The number of nitrogens with zero attached hydrogens (tertiary/aromatic N) is 1. The van der Waals surface area contributed by atoms with Crippen molar-refractivity contribution in [2.24, 2.45) is 0 Å². The summed E-state index contributed by atoms with van der Waals surface area (Å²) in [5.41, 5.74) is 0. The molecule has 1 saturated heterocycles. The summed E-state index contributed by atoms with van der Waals surface area (Å²) in [7, 11) is -3.86. The molecule has 16 heavy (non-hydrogen) atoms. The van der Waals surface area contributed by atoms with E-state index in [0.717, 1.165) is 23.4 Å². The highest BCUT2D eigenvalue weighted by Crippen LogP contribution is 2.21. The Bertz CT molecular complexity index is 469. The number of hydrogen-bond donors (Lipinski definition) is 0. The SMILES string of the molecule is O=S(=O)(c1ccccc1F)N1CCCCO1. The Morgan fingerprint density at radius 2 is 2.00 bits per heavy atom. The van der Waals surface area contributed by atoms with E-state index in [2.05, 4.69) is 0 Å². The Morgan fingerprint density at radius 1 is 1.25 bits per heavy atom. The molecule has 0 aliphatic carbocycles. The molecule has 0 radical (unpaired) electrons. The average Bonchev–Trinajstić information content (AvgIpc) is 2.30. The van der Waals surface area contributed by atoms with Gasteiger partial charge in [-0.05, 0) is 25.0 Å². The van der Waals surface area contributed by atoms with E-state index >= 15 is 0 Å². The highest BCUT2D eigenvalue weighted by molar-refractivity contribution is 7.89. The van der Waals surface area contributed by atoms with Crippen molar-refractivity contribution >= 4 is 10.0 Å². The van der Waals surface area contributed by atoms with Gasteiger partial charge in [0.25, 0.3) is 10.0 Å². The lowest BCUT2D eigenvalue weighted by Gasteiger charge is -2.25. The molecule has 0 aromatic heterocycles. The molecule has 0 atom stereocenters. The van der Waals surface area contributed by atoms with Gasteiger partial charge < -0.3 is 0 Å². The van der Waals surface area contributed by atoms with E-state index in [1.54, 1.807) is 0 Å². The van der Waals surface area contributed by atoms with Crippen LogP contribution in [0.2, 0.25) is 0 Å². The number of hydroxylamine groups is 1. The topological polar surface area (TPSA) is 46.6 Å². The summed E-state index contributed by atoms with van der Waals surface area (Å²) in [6.45, 7) is 0.629. The lowest BCUT2D eigenvalue weighted by Crippen LogP contribution is -2.36. The Kier molecular flexibility index (Phi) is 3.22. The van der Waals surface area contributed by atoms with Crippen LogP contribution in [0.5, 0.6) is 0 Å². The second kappa shape index (κ2) is 4.48. The van der Waals surface area contributed by atoms with Gasteiger partial charge in [0.2, 0.25) is 0 Å². The normalized spacial score (nSPS) is 18.6. The zero-order valence-corrected chi connectivity index (χ0v) is 9.41. The van der Waals surface area contributed by atoms with E-state index in [0.29, 0.717) is 6.61 Å². The van der Waals surface area contributed by atoms with Gasteiger partial charge in [-0.1, -0.05) is 16.6 Å². The third-order valence-electron chi connectivity index (χ3n) is 2.35. The third-order valence-corrected chi connectivity index (χ3v) is 4.06. The highest BCUT2D eigenvalue weighted by Gasteiger charge is 2.29. The molecule has 0 spiro atoms. The minimum absolute atomic E-state index is 0.274. The van der Waals surface area contributed by atoms with E-state index in [4.69, 9.17) is 4.84 Å². The van der Waals surface area contributed by atoms with Crippen LogP contribution in [-0.2, 0) is 14.9 Å². The number of benzene rings is 1. The Morgan fingerprint density at radius 3 is 2.62 bits per heavy atom. The van der Waals surface area contributed by atoms with Crippen LogP contribution in [-0.4, -0.2) is 26.0 Å². The van der Waals surface area contributed by atoms with Crippen molar-refractivity contribution in [2.45, 2.75) is 17.7 Å². The first-order chi connectivity index (χ1) is 7.62. The largest absolute Gasteiger partial charge is 0.284 e. The van der Waals surface area contributed by atoms with Gasteiger partial charge in [0.05, 0.1) is 6.61 Å². The van der Waals surface area contributed by atoms with E-state index < -0.39 is 15.8 Å². The monoisotopic (exact) mass is 245 g/mol. The summed E-state index contributed by atoms with van der Waals surface area (Å²) < 4.78 is 38.2. The molecule has 1 aliphatic heterocycles. The van der Waals surface area contributed by atoms with Crippen LogP contribution in [0.4, 0.5) is 4.39 Å². The number of sulfonamides is 1. The zero-order valence-electron chi connectivity index (χ0n) is 8.60. The Hall–Kier alpha value is -0.980. The summed E-state index contributed by atoms with van der Waals surface area (Å²) in [5.74, 6) is -0.753. The zero-order chi connectivity index (χ0) is 11.6. The second-order valence-corrected chi connectivity index (χ2v) is 5.30. The van der Waals surface area contributed by atoms with Crippen molar-refractivity contribution in [1.29, 1.82) is 0 Å². The lowest BCUT2D eigenvalue weighted by atomic mass is 10.3. The van der Waals surface area contributed by atoms with E-state index in [-0.39, 0.29) is 11.4 Å². The highest BCUT2D eigenvalue weighted by atomic mass is 32.2. The van der Waals surface area contributed by atoms with Gasteiger partial charge in [0.15, 0.2) is 0 Å². The molecule has 0 N–H and O–H groups in total. The molecule has 1 aromatic rings. The first-order valence-corrected chi connectivity index (χ1v) is 6.46. The fourth-order valence-corrected chi connectivity index (χ4v) is 2.89. The fraction of sp³-hybridized carbons (Fsp3) is 0.400. The summed E-state index contributed by atoms with van der Waals surface area (Å²) in [4.78, 5) is 4.69. The maximum atomic E-state index is 13.4. The molecule has 1 heterocycles. The second-order valence-electron chi connectivity index (χ2n) is 3.50. The molecule has 4 nitrogen and oxygen atoms in total. The van der Waals surface area contributed by atoms with Gasteiger partial charge >= 0.3 is 0 Å². The Labute approximate surface area is 93.6 Å². The van der Waals surface area contributed by atoms with Crippen LogP contribution in [0.1, 0.15) is 12.8 Å². The predicted octanol–water partition coefficient (Wildman–Crippen LogP) is 1.54. The minimum atomic E-state index is -3.86.